The normalized spacial score (nSPS) is 16.0. The number of ether oxygens (including phenoxy) is 1. The fraction of sp³-hybridized carbons (Fsp3) is 1.00. The van der Waals surface area contributed by atoms with Gasteiger partial charge in [0.1, 0.15) is 0 Å². The second-order valence-corrected chi connectivity index (χ2v) is 5.94. The predicted octanol–water partition coefficient (Wildman–Crippen LogP) is 6.07. The van der Waals surface area contributed by atoms with Crippen molar-refractivity contribution in [3.63, 3.8) is 0 Å². The third kappa shape index (κ3) is 12.4. The van der Waals surface area contributed by atoms with Gasteiger partial charge in [0.2, 0.25) is 0 Å². The average molecular weight is 258 g/mol. The van der Waals surface area contributed by atoms with Crippen LogP contribution in [0.5, 0.6) is 0 Å². The Balaban J connectivity index is 0. The first-order valence-electron chi connectivity index (χ1n) is 8.03. The van der Waals surface area contributed by atoms with E-state index in [9.17, 15) is 0 Å². The molecule has 0 radical (unpaired) electrons. The summed E-state index contributed by atoms with van der Waals surface area (Å²) in [5.41, 5.74) is 0.754. The number of methoxy groups -OCH3 is 1. The molecule has 1 aliphatic rings. The van der Waals surface area contributed by atoms with Crippen LogP contribution in [0, 0.1) is 11.3 Å². The zero-order chi connectivity index (χ0) is 14.4. The predicted molar refractivity (Wildman–Crippen MR) is 84.2 cm³/mol. The first-order chi connectivity index (χ1) is 8.54. The topological polar surface area (TPSA) is 9.23 Å². The molecule has 18 heavy (non-hydrogen) atoms. The molecule has 0 aromatic rings. The van der Waals surface area contributed by atoms with Crippen molar-refractivity contribution in [1.29, 1.82) is 0 Å². The number of rotatable bonds is 6. The van der Waals surface area contributed by atoms with Crippen molar-refractivity contribution >= 4 is 0 Å². The van der Waals surface area contributed by atoms with Crippen molar-refractivity contribution < 1.29 is 4.74 Å². The first kappa shape index (κ1) is 20.3. The summed E-state index contributed by atoms with van der Waals surface area (Å²) in [6.45, 7) is 14.2. The highest BCUT2D eigenvalue weighted by Crippen LogP contribution is 2.44. The maximum absolute atomic E-state index is 4.78. The molecule has 0 aromatic heterocycles. The van der Waals surface area contributed by atoms with E-state index in [1.807, 2.05) is 13.8 Å². The van der Waals surface area contributed by atoms with Crippen molar-refractivity contribution in [1.82, 2.24) is 0 Å². The van der Waals surface area contributed by atoms with Crippen LogP contribution in [-0.2, 0) is 4.74 Å². The molecule has 1 aliphatic carbocycles. The van der Waals surface area contributed by atoms with Crippen LogP contribution in [-0.4, -0.2) is 13.7 Å². The summed E-state index contributed by atoms with van der Waals surface area (Å²) in [6, 6.07) is 0. The second-order valence-electron chi connectivity index (χ2n) is 5.94. The standard InChI is InChI=1S/C10H20.C5H12O.C2H6/c1-9(2)5-8-10(3)6-4-7-10;1-3-4-5-6-2;1-2/h9H,4-8H2,1-3H3;3-5H2,1-2H3;1-2H3. The summed E-state index contributed by atoms with van der Waals surface area (Å²) in [5, 5.41) is 0. The van der Waals surface area contributed by atoms with Gasteiger partial charge in [-0.3, -0.25) is 0 Å². The summed E-state index contributed by atoms with van der Waals surface area (Å²) < 4.78 is 4.78. The fourth-order valence-electron chi connectivity index (χ4n) is 1.96. The molecule has 0 saturated heterocycles. The van der Waals surface area contributed by atoms with E-state index in [4.69, 9.17) is 4.74 Å². The highest BCUT2D eigenvalue weighted by atomic mass is 16.5. The molecule has 0 aromatic carbocycles. The Morgan fingerprint density at radius 1 is 1.17 bits per heavy atom. The van der Waals surface area contributed by atoms with Gasteiger partial charge < -0.3 is 4.74 Å². The van der Waals surface area contributed by atoms with Crippen molar-refractivity contribution in [3.8, 4) is 0 Å². The molecule has 0 atom stereocenters. The van der Waals surface area contributed by atoms with Crippen LogP contribution in [0.3, 0.4) is 0 Å². The number of hydrogen-bond acceptors (Lipinski definition) is 1. The van der Waals surface area contributed by atoms with E-state index in [1.54, 1.807) is 7.11 Å². The largest absolute Gasteiger partial charge is 0.385 e. The van der Waals surface area contributed by atoms with Gasteiger partial charge in [0, 0.05) is 13.7 Å². The van der Waals surface area contributed by atoms with E-state index < -0.39 is 0 Å². The molecule has 1 nitrogen and oxygen atoms in total. The minimum Gasteiger partial charge on any atom is -0.385 e. The Morgan fingerprint density at radius 2 is 1.72 bits per heavy atom. The van der Waals surface area contributed by atoms with Crippen molar-refractivity contribution in [2.75, 3.05) is 13.7 Å². The third-order valence-corrected chi connectivity index (χ3v) is 3.59. The van der Waals surface area contributed by atoms with Crippen LogP contribution in [0.15, 0.2) is 0 Å². The molecular formula is C17H38O. The molecule has 1 fully saturated rings. The van der Waals surface area contributed by atoms with Crippen LogP contribution >= 0.6 is 0 Å². The number of unbranched alkanes of at least 4 members (excludes halogenated alkanes) is 1. The van der Waals surface area contributed by atoms with Crippen molar-refractivity contribution in [3.05, 3.63) is 0 Å². The van der Waals surface area contributed by atoms with E-state index in [0.29, 0.717) is 0 Å². The summed E-state index contributed by atoms with van der Waals surface area (Å²) in [5.74, 6) is 0.900. The van der Waals surface area contributed by atoms with Crippen LogP contribution in [0.25, 0.3) is 0 Å². The fourth-order valence-corrected chi connectivity index (χ4v) is 1.96. The molecule has 0 spiro atoms. The Labute approximate surface area is 117 Å². The van der Waals surface area contributed by atoms with Gasteiger partial charge in [0.25, 0.3) is 0 Å². The molecule has 1 saturated carbocycles. The molecule has 0 amide bonds. The van der Waals surface area contributed by atoms with E-state index in [-0.39, 0.29) is 0 Å². The van der Waals surface area contributed by atoms with Gasteiger partial charge >= 0.3 is 0 Å². The van der Waals surface area contributed by atoms with Gasteiger partial charge in [-0.1, -0.05) is 60.8 Å². The maximum atomic E-state index is 4.78. The second kappa shape index (κ2) is 13.4. The number of hydrogen-bond donors (Lipinski definition) is 0. The van der Waals surface area contributed by atoms with E-state index >= 15 is 0 Å². The molecule has 1 rings (SSSR count). The Kier molecular flexibility index (Phi) is 15.1. The quantitative estimate of drug-likeness (QED) is 0.525. The molecule has 0 N–H and O–H groups in total. The smallest absolute Gasteiger partial charge is 0.0462 e. The van der Waals surface area contributed by atoms with Gasteiger partial charge in [-0.2, -0.15) is 0 Å². The molecule has 0 bridgehead atoms. The summed E-state index contributed by atoms with van der Waals surface area (Å²) >= 11 is 0. The lowest BCUT2D eigenvalue weighted by atomic mass is 9.67. The zero-order valence-corrected chi connectivity index (χ0v) is 14.1. The highest BCUT2D eigenvalue weighted by Gasteiger charge is 2.30. The Bertz CT molecular complexity index is 144. The molecule has 1 heteroatoms. The maximum Gasteiger partial charge on any atom is 0.0462 e. The monoisotopic (exact) mass is 258 g/mol. The first-order valence-corrected chi connectivity index (χ1v) is 8.03. The average Bonchev–Trinajstić information content (AvgIpc) is 2.34. The van der Waals surface area contributed by atoms with E-state index in [0.717, 1.165) is 17.9 Å². The lowest BCUT2D eigenvalue weighted by Crippen LogP contribution is -2.25. The zero-order valence-electron chi connectivity index (χ0n) is 14.1. The van der Waals surface area contributed by atoms with Crippen LogP contribution in [0.4, 0.5) is 0 Å². The molecule has 0 heterocycles. The van der Waals surface area contributed by atoms with Crippen LogP contribution in [0.2, 0.25) is 0 Å². The molecular weight excluding hydrogens is 220 g/mol. The SMILES string of the molecule is CC.CC(C)CCC1(C)CCC1.CCCCOC. The van der Waals surface area contributed by atoms with E-state index in [1.165, 1.54) is 44.9 Å². The van der Waals surface area contributed by atoms with E-state index in [2.05, 4.69) is 27.7 Å². The molecule has 112 valence electrons. The lowest BCUT2D eigenvalue weighted by Gasteiger charge is -2.39. The van der Waals surface area contributed by atoms with Gasteiger partial charge in [0.15, 0.2) is 0 Å². The lowest BCUT2D eigenvalue weighted by molar-refractivity contribution is 0.136. The van der Waals surface area contributed by atoms with Gasteiger partial charge in [-0.25, -0.2) is 0 Å². The van der Waals surface area contributed by atoms with Gasteiger partial charge in [-0.05, 0) is 37.0 Å². The van der Waals surface area contributed by atoms with Crippen LogP contribution in [0.1, 0.15) is 86.5 Å². The highest BCUT2D eigenvalue weighted by molar-refractivity contribution is 4.83. The van der Waals surface area contributed by atoms with Crippen molar-refractivity contribution in [2.45, 2.75) is 86.5 Å². The Hall–Kier alpha value is -0.0400. The van der Waals surface area contributed by atoms with Gasteiger partial charge in [-0.15, -0.1) is 0 Å². The van der Waals surface area contributed by atoms with Gasteiger partial charge in [0.05, 0.1) is 0 Å². The van der Waals surface area contributed by atoms with Crippen LogP contribution < -0.4 is 0 Å². The summed E-state index contributed by atoms with van der Waals surface area (Å²) in [6.07, 6.45) is 9.76. The van der Waals surface area contributed by atoms with Crippen molar-refractivity contribution in [2.24, 2.45) is 11.3 Å². The Morgan fingerprint density at radius 3 is 1.94 bits per heavy atom. The minimum absolute atomic E-state index is 0.754. The summed E-state index contributed by atoms with van der Waals surface area (Å²) in [4.78, 5) is 0. The minimum atomic E-state index is 0.754. The molecule has 0 aliphatic heterocycles. The molecule has 0 unspecified atom stereocenters. The third-order valence-electron chi connectivity index (χ3n) is 3.59. The summed E-state index contributed by atoms with van der Waals surface area (Å²) in [7, 11) is 1.73.